The van der Waals surface area contributed by atoms with Crippen LogP contribution in [0.25, 0.3) is 0 Å². The molecule has 0 heterocycles. The summed E-state index contributed by atoms with van der Waals surface area (Å²) < 4.78 is 40.1. The van der Waals surface area contributed by atoms with Gasteiger partial charge in [-0.3, -0.25) is 0 Å². The van der Waals surface area contributed by atoms with Gasteiger partial charge in [-0.05, 0) is 18.6 Å². The standard InChI is InChI=1S/C11H11F3N2O/c12-11(13,14)17-10-6-2-1-5-9(10)16-8-4-3-7-15/h1-2,5-6,16H,3-4,8H2. The van der Waals surface area contributed by atoms with Crippen LogP contribution in [0.2, 0.25) is 0 Å². The van der Waals surface area contributed by atoms with E-state index in [1.165, 1.54) is 18.2 Å². The number of hydrogen-bond acceptors (Lipinski definition) is 3. The molecule has 0 aliphatic heterocycles. The first-order chi connectivity index (χ1) is 8.03. The maximum atomic E-state index is 12.1. The lowest BCUT2D eigenvalue weighted by molar-refractivity contribution is -0.274. The summed E-state index contributed by atoms with van der Waals surface area (Å²) in [7, 11) is 0. The van der Waals surface area contributed by atoms with Crippen LogP contribution in [0.4, 0.5) is 18.9 Å². The van der Waals surface area contributed by atoms with Gasteiger partial charge in [-0.15, -0.1) is 13.2 Å². The quantitative estimate of drug-likeness (QED) is 0.808. The number of hydrogen-bond donors (Lipinski definition) is 1. The third-order valence-electron chi connectivity index (χ3n) is 1.89. The van der Waals surface area contributed by atoms with Crippen LogP contribution in [0.5, 0.6) is 5.75 Å². The maximum absolute atomic E-state index is 12.1. The highest BCUT2D eigenvalue weighted by atomic mass is 19.4. The number of nitriles is 1. The van der Waals surface area contributed by atoms with Crippen LogP contribution in [-0.2, 0) is 0 Å². The minimum Gasteiger partial charge on any atom is -0.404 e. The van der Waals surface area contributed by atoms with Gasteiger partial charge in [0.15, 0.2) is 5.75 Å². The highest BCUT2D eigenvalue weighted by Gasteiger charge is 2.31. The molecule has 3 nitrogen and oxygen atoms in total. The Labute approximate surface area is 96.8 Å². The van der Waals surface area contributed by atoms with Crippen LogP contribution in [-0.4, -0.2) is 12.9 Å². The van der Waals surface area contributed by atoms with Crippen LogP contribution in [0, 0.1) is 11.3 Å². The third-order valence-corrected chi connectivity index (χ3v) is 1.89. The van der Waals surface area contributed by atoms with E-state index in [4.69, 9.17) is 5.26 Å². The lowest BCUT2D eigenvalue weighted by atomic mass is 10.2. The lowest BCUT2D eigenvalue weighted by Gasteiger charge is -2.14. The molecule has 0 radical (unpaired) electrons. The average Bonchev–Trinajstić information content (AvgIpc) is 2.24. The minimum atomic E-state index is -4.70. The fourth-order valence-electron chi connectivity index (χ4n) is 1.22. The van der Waals surface area contributed by atoms with Crippen LogP contribution in [0.3, 0.4) is 0 Å². The van der Waals surface area contributed by atoms with Gasteiger partial charge in [-0.1, -0.05) is 12.1 Å². The first-order valence-corrected chi connectivity index (χ1v) is 4.98. The van der Waals surface area contributed by atoms with E-state index in [9.17, 15) is 13.2 Å². The highest BCUT2D eigenvalue weighted by Crippen LogP contribution is 2.29. The number of rotatable bonds is 5. The minimum absolute atomic E-state index is 0.266. The van der Waals surface area contributed by atoms with Gasteiger partial charge >= 0.3 is 6.36 Å². The first-order valence-electron chi connectivity index (χ1n) is 4.98. The van der Waals surface area contributed by atoms with Crippen molar-refractivity contribution in [1.29, 1.82) is 5.26 Å². The van der Waals surface area contributed by atoms with Crippen molar-refractivity contribution < 1.29 is 17.9 Å². The summed E-state index contributed by atoms with van der Waals surface area (Å²) in [5.41, 5.74) is 0.266. The van der Waals surface area contributed by atoms with Crippen molar-refractivity contribution >= 4 is 5.69 Å². The molecule has 0 aliphatic rings. The van der Waals surface area contributed by atoms with Crippen molar-refractivity contribution in [3.63, 3.8) is 0 Å². The van der Waals surface area contributed by atoms with Crippen molar-refractivity contribution in [1.82, 2.24) is 0 Å². The second-order valence-corrected chi connectivity index (χ2v) is 3.23. The van der Waals surface area contributed by atoms with Gasteiger partial charge in [-0.25, -0.2) is 0 Å². The molecule has 17 heavy (non-hydrogen) atoms. The molecule has 6 heteroatoms. The summed E-state index contributed by atoms with van der Waals surface area (Å²) in [6.45, 7) is 0.422. The van der Waals surface area contributed by atoms with Crippen LogP contribution < -0.4 is 10.1 Å². The van der Waals surface area contributed by atoms with Gasteiger partial charge in [0.1, 0.15) is 0 Å². The Morgan fingerprint density at radius 1 is 1.29 bits per heavy atom. The molecular weight excluding hydrogens is 233 g/mol. The molecule has 0 atom stereocenters. The molecule has 1 aromatic carbocycles. The zero-order chi connectivity index (χ0) is 12.7. The van der Waals surface area contributed by atoms with Crippen molar-refractivity contribution in [2.24, 2.45) is 0 Å². The Kier molecular flexibility index (Phi) is 4.64. The Morgan fingerprint density at radius 2 is 2.00 bits per heavy atom. The molecule has 0 aromatic heterocycles. The molecule has 0 saturated carbocycles. The summed E-state index contributed by atoms with van der Waals surface area (Å²) in [4.78, 5) is 0. The second kappa shape index (κ2) is 5.99. The van der Waals surface area contributed by atoms with Crippen molar-refractivity contribution in [2.45, 2.75) is 19.2 Å². The van der Waals surface area contributed by atoms with E-state index >= 15 is 0 Å². The second-order valence-electron chi connectivity index (χ2n) is 3.23. The van der Waals surface area contributed by atoms with Crippen molar-refractivity contribution in [2.75, 3.05) is 11.9 Å². The number of alkyl halides is 3. The summed E-state index contributed by atoms with van der Waals surface area (Å²) in [6, 6.07) is 7.75. The zero-order valence-corrected chi connectivity index (χ0v) is 8.92. The lowest BCUT2D eigenvalue weighted by Crippen LogP contribution is -2.18. The third kappa shape index (κ3) is 5.11. The predicted octanol–water partition coefficient (Wildman–Crippen LogP) is 3.30. The molecule has 0 saturated heterocycles. The fraction of sp³-hybridized carbons (Fsp3) is 0.364. The number of nitrogens with zero attached hydrogens (tertiary/aromatic N) is 1. The number of nitrogens with one attached hydrogen (secondary N) is 1. The van der Waals surface area contributed by atoms with Crippen molar-refractivity contribution in [3.8, 4) is 11.8 Å². The van der Waals surface area contributed by atoms with E-state index < -0.39 is 6.36 Å². The molecule has 0 fully saturated rings. The number of benzene rings is 1. The summed E-state index contributed by atoms with van der Waals surface area (Å²) in [5.74, 6) is -0.267. The monoisotopic (exact) mass is 244 g/mol. The topological polar surface area (TPSA) is 45.0 Å². The molecular formula is C11H11F3N2O. The number of unbranched alkanes of at least 4 members (excludes halogenated alkanes) is 1. The number of anilines is 1. The van der Waals surface area contributed by atoms with Gasteiger partial charge in [-0.2, -0.15) is 5.26 Å². The Balaban J connectivity index is 2.62. The van der Waals surface area contributed by atoms with Crippen LogP contribution >= 0.6 is 0 Å². The molecule has 0 spiro atoms. The Hall–Kier alpha value is -1.90. The molecule has 1 rings (SSSR count). The van der Waals surface area contributed by atoms with E-state index in [0.717, 1.165) is 0 Å². The molecule has 92 valence electrons. The predicted molar refractivity (Wildman–Crippen MR) is 56.5 cm³/mol. The van der Waals surface area contributed by atoms with Gasteiger partial charge in [0.25, 0.3) is 0 Å². The van der Waals surface area contributed by atoms with Crippen molar-refractivity contribution in [3.05, 3.63) is 24.3 Å². The zero-order valence-electron chi connectivity index (χ0n) is 8.92. The molecule has 0 aliphatic carbocycles. The normalized spacial score (nSPS) is 10.7. The van der Waals surface area contributed by atoms with E-state index in [0.29, 0.717) is 19.4 Å². The van der Waals surface area contributed by atoms with Crippen LogP contribution in [0.1, 0.15) is 12.8 Å². The summed E-state index contributed by atoms with van der Waals surface area (Å²) >= 11 is 0. The number of halogens is 3. The average molecular weight is 244 g/mol. The Bertz CT molecular complexity index is 398. The van der Waals surface area contributed by atoms with Gasteiger partial charge in [0.2, 0.25) is 0 Å². The maximum Gasteiger partial charge on any atom is 0.573 e. The fourth-order valence-corrected chi connectivity index (χ4v) is 1.22. The first kappa shape index (κ1) is 13.2. The Morgan fingerprint density at radius 3 is 2.65 bits per heavy atom. The largest absolute Gasteiger partial charge is 0.573 e. The number of para-hydroxylation sites is 2. The summed E-state index contributed by atoms with van der Waals surface area (Å²) in [6.07, 6.45) is -3.78. The number of ether oxygens (including phenoxy) is 1. The molecule has 0 unspecified atom stereocenters. The van der Waals surface area contributed by atoms with E-state index in [-0.39, 0.29) is 11.4 Å². The van der Waals surface area contributed by atoms with E-state index in [2.05, 4.69) is 10.1 Å². The molecule has 0 amide bonds. The van der Waals surface area contributed by atoms with Crippen LogP contribution in [0.15, 0.2) is 24.3 Å². The summed E-state index contributed by atoms with van der Waals surface area (Å²) in [5, 5.41) is 11.1. The SMILES string of the molecule is N#CCCCNc1ccccc1OC(F)(F)F. The molecule has 1 N–H and O–H groups in total. The molecule has 1 aromatic rings. The van der Waals surface area contributed by atoms with E-state index in [1.807, 2.05) is 6.07 Å². The highest BCUT2D eigenvalue weighted by molar-refractivity contribution is 5.56. The van der Waals surface area contributed by atoms with Gasteiger partial charge in [0, 0.05) is 13.0 Å². The van der Waals surface area contributed by atoms with E-state index in [1.54, 1.807) is 6.07 Å². The van der Waals surface area contributed by atoms with Gasteiger partial charge < -0.3 is 10.1 Å². The van der Waals surface area contributed by atoms with Gasteiger partial charge in [0.05, 0.1) is 11.8 Å². The smallest absolute Gasteiger partial charge is 0.404 e. The molecule has 0 bridgehead atoms.